The van der Waals surface area contributed by atoms with E-state index in [1.807, 2.05) is 97.1 Å². The van der Waals surface area contributed by atoms with Gasteiger partial charge in [0.2, 0.25) is 0 Å². The number of rotatable bonds is 16. The molecule has 62 heavy (non-hydrogen) atoms. The Labute approximate surface area is 364 Å². The van der Waals surface area contributed by atoms with E-state index >= 15 is 0 Å². The van der Waals surface area contributed by atoms with Crippen molar-refractivity contribution in [2.75, 3.05) is 13.2 Å². The molecule has 0 atom stereocenters. The van der Waals surface area contributed by atoms with Crippen LogP contribution in [0.2, 0.25) is 0 Å². The Morgan fingerprint density at radius 3 is 1.50 bits per heavy atom. The highest BCUT2D eigenvalue weighted by Crippen LogP contribution is 2.36. The molecule has 9 nitrogen and oxygen atoms in total. The van der Waals surface area contributed by atoms with Gasteiger partial charge in [-0.2, -0.15) is 0 Å². The number of ether oxygens (including phenoxy) is 4. The van der Waals surface area contributed by atoms with Crippen molar-refractivity contribution in [3.63, 3.8) is 0 Å². The van der Waals surface area contributed by atoms with Gasteiger partial charge in [0.05, 0.1) is 18.8 Å². The second-order valence-electron chi connectivity index (χ2n) is 16.7. The van der Waals surface area contributed by atoms with Gasteiger partial charge in [0.25, 0.3) is 0 Å². The fourth-order valence-corrected chi connectivity index (χ4v) is 6.95. The average molecular weight is 828 g/mol. The third kappa shape index (κ3) is 11.2. The molecule has 1 aromatic heterocycles. The molecular formula is C53H53N3O6. The molecule has 0 fully saturated rings. The van der Waals surface area contributed by atoms with Gasteiger partial charge < -0.3 is 24.1 Å². The monoisotopic (exact) mass is 827 g/mol. The Balaban J connectivity index is 0.818. The molecule has 0 amide bonds. The number of phenolic OH excluding ortho intramolecular Hbond substituents is 1. The van der Waals surface area contributed by atoms with E-state index in [9.17, 15) is 9.90 Å². The lowest BCUT2D eigenvalue weighted by Gasteiger charge is -2.26. The van der Waals surface area contributed by atoms with Crippen molar-refractivity contribution in [1.82, 2.24) is 15.0 Å². The van der Waals surface area contributed by atoms with Crippen LogP contribution in [0.5, 0.6) is 28.7 Å². The van der Waals surface area contributed by atoms with Crippen molar-refractivity contribution in [3.8, 4) is 62.9 Å². The standard InChI is InChI=1S/C53H53N3O6/c1-52(2,3)39-20-26-42(27-21-39)61-43-28-22-40(23-29-43)53(4,5)41-24-30-44(31-25-41)62-51(58)60-35-15-7-6-14-34-59-45-32-33-46(47(57)36-45)50-55-48(37-16-10-8-11-17-37)54-49(56-50)38-18-12-9-13-19-38/h8-13,16-33,36,57H,6-7,14-15,34-35H2,1-5H3. The fraction of sp³-hybridized carbons (Fsp3) is 0.245. The Hall–Kier alpha value is -7.00. The van der Waals surface area contributed by atoms with Crippen LogP contribution in [0.4, 0.5) is 4.79 Å². The molecule has 9 heteroatoms. The molecule has 0 aliphatic carbocycles. The smallest absolute Gasteiger partial charge is 0.507 e. The van der Waals surface area contributed by atoms with Crippen LogP contribution in [0.15, 0.2) is 152 Å². The normalized spacial score (nSPS) is 11.5. The number of nitrogens with zero attached hydrogens (tertiary/aromatic N) is 3. The van der Waals surface area contributed by atoms with E-state index in [0.717, 1.165) is 53.0 Å². The van der Waals surface area contributed by atoms with Gasteiger partial charge in [-0.1, -0.05) is 132 Å². The lowest BCUT2D eigenvalue weighted by atomic mass is 9.78. The number of benzene rings is 6. The summed E-state index contributed by atoms with van der Waals surface area (Å²) >= 11 is 0. The van der Waals surface area contributed by atoms with Crippen molar-refractivity contribution in [2.24, 2.45) is 0 Å². The van der Waals surface area contributed by atoms with E-state index in [1.54, 1.807) is 30.3 Å². The summed E-state index contributed by atoms with van der Waals surface area (Å²) in [7, 11) is 0. The summed E-state index contributed by atoms with van der Waals surface area (Å²) in [6, 6.07) is 48.5. The number of aromatic nitrogens is 3. The summed E-state index contributed by atoms with van der Waals surface area (Å²) in [6.45, 7) is 11.7. The van der Waals surface area contributed by atoms with Crippen molar-refractivity contribution < 1.29 is 28.8 Å². The number of aromatic hydroxyl groups is 1. The Bertz CT molecular complexity index is 2480. The molecule has 0 spiro atoms. The Kier molecular flexibility index (Phi) is 13.6. The minimum atomic E-state index is -0.725. The number of carbonyl (C=O) groups is 1. The van der Waals surface area contributed by atoms with Crippen LogP contribution >= 0.6 is 0 Å². The first-order valence-electron chi connectivity index (χ1n) is 21.1. The highest BCUT2D eigenvalue weighted by atomic mass is 16.7. The molecule has 6 aromatic carbocycles. The van der Waals surface area contributed by atoms with Crippen LogP contribution in [-0.4, -0.2) is 39.4 Å². The molecule has 7 rings (SSSR count). The molecule has 0 unspecified atom stereocenters. The van der Waals surface area contributed by atoms with Crippen LogP contribution in [0, 0.1) is 0 Å². The number of carbonyl (C=O) groups excluding carboxylic acids is 1. The molecule has 316 valence electrons. The van der Waals surface area contributed by atoms with E-state index in [2.05, 4.69) is 58.9 Å². The van der Waals surface area contributed by atoms with Crippen molar-refractivity contribution in [2.45, 2.75) is 71.1 Å². The predicted molar refractivity (Wildman–Crippen MR) is 244 cm³/mol. The maximum absolute atomic E-state index is 12.4. The highest BCUT2D eigenvalue weighted by Gasteiger charge is 2.24. The summed E-state index contributed by atoms with van der Waals surface area (Å²) in [6.07, 6.45) is 2.52. The van der Waals surface area contributed by atoms with Crippen LogP contribution in [0.25, 0.3) is 34.2 Å². The molecule has 0 bridgehead atoms. The van der Waals surface area contributed by atoms with Gasteiger partial charge in [-0.15, -0.1) is 0 Å². The van der Waals surface area contributed by atoms with Crippen LogP contribution in [-0.2, 0) is 15.6 Å². The van der Waals surface area contributed by atoms with Crippen molar-refractivity contribution in [3.05, 3.63) is 168 Å². The molecule has 0 aliphatic rings. The minimum absolute atomic E-state index is 0.0156. The van der Waals surface area contributed by atoms with E-state index in [-0.39, 0.29) is 23.2 Å². The predicted octanol–water partition coefficient (Wildman–Crippen LogP) is 13.1. The van der Waals surface area contributed by atoms with Gasteiger partial charge in [-0.3, -0.25) is 0 Å². The van der Waals surface area contributed by atoms with Gasteiger partial charge >= 0.3 is 6.16 Å². The maximum atomic E-state index is 12.4. The average Bonchev–Trinajstić information content (AvgIpc) is 3.28. The number of phenols is 1. The first-order valence-corrected chi connectivity index (χ1v) is 21.1. The van der Waals surface area contributed by atoms with Crippen molar-refractivity contribution in [1.29, 1.82) is 0 Å². The van der Waals surface area contributed by atoms with E-state index in [1.165, 1.54) is 5.56 Å². The first kappa shape index (κ1) is 43.1. The lowest BCUT2D eigenvalue weighted by Crippen LogP contribution is -2.19. The summed E-state index contributed by atoms with van der Waals surface area (Å²) < 4.78 is 22.8. The molecule has 1 heterocycles. The van der Waals surface area contributed by atoms with Crippen LogP contribution in [0.1, 0.15) is 77.0 Å². The quantitative estimate of drug-likeness (QED) is 0.0578. The second-order valence-corrected chi connectivity index (χ2v) is 16.7. The zero-order valence-corrected chi connectivity index (χ0v) is 36.0. The third-order valence-electron chi connectivity index (χ3n) is 10.7. The van der Waals surface area contributed by atoms with Gasteiger partial charge in [0, 0.05) is 22.6 Å². The van der Waals surface area contributed by atoms with Gasteiger partial charge in [0.15, 0.2) is 17.5 Å². The summed E-state index contributed by atoms with van der Waals surface area (Å²) in [5.74, 6) is 3.98. The number of hydrogen-bond acceptors (Lipinski definition) is 9. The minimum Gasteiger partial charge on any atom is -0.507 e. The van der Waals surface area contributed by atoms with Gasteiger partial charge in [0.1, 0.15) is 28.7 Å². The van der Waals surface area contributed by atoms with Crippen LogP contribution in [0.3, 0.4) is 0 Å². The van der Waals surface area contributed by atoms with E-state index in [4.69, 9.17) is 33.9 Å². The lowest BCUT2D eigenvalue weighted by molar-refractivity contribution is 0.0971. The maximum Gasteiger partial charge on any atom is 0.513 e. The SMILES string of the molecule is CC(C)(C)c1ccc(Oc2ccc(C(C)(C)c3ccc(OC(=O)OCCCCCCOc4ccc(-c5nc(-c6ccccc6)nc(-c6ccccc6)n5)c(O)c4)cc3)cc2)cc1. The van der Waals surface area contributed by atoms with Crippen molar-refractivity contribution >= 4 is 6.16 Å². The summed E-state index contributed by atoms with van der Waals surface area (Å²) in [5.41, 5.74) is 5.47. The molecule has 0 saturated carbocycles. The number of hydrogen-bond donors (Lipinski definition) is 1. The second kappa shape index (κ2) is 19.6. The Morgan fingerprint density at radius 1 is 0.516 bits per heavy atom. The largest absolute Gasteiger partial charge is 0.513 e. The molecule has 0 radical (unpaired) electrons. The third-order valence-corrected chi connectivity index (χ3v) is 10.7. The molecule has 0 aliphatic heterocycles. The summed E-state index contributed by atoms with van der Waals surface area (Å²) in [4.78, 5) is 26.6. The van der Waals surface area contributed by atoms with E-state index in [0.29, 0.717) is 47.6 Å². The number of unbranched alkanes of at least 4 members (excludes halogenated alkanes) is 3. The van der Waals surface area contributed by atoms with E-state index < -0.39 is 6.16 Å². The zero-order chi connectivity index (χ0) is 43.5. The zero-order valence-electron chi connectivity index (χ0n) is 36.0. The molecular weight excluding hydrogens is 775 g/mol. The first-order chi connectivity index (χ1) is 29.9. The topological polar surface area (TPSA) is 113 Å². The van der Waals surface area contributed by atoms with Gasteiger partial charge in [-0.25, -0.2) is 19.7 Å². The highest BCUT2D eigenvalue weighted by molar-refractivity contribution is 5.70. The molecule has 7 aromatic rings. The van der Waals surface area contributed by atoms with Crippen LogP contribution < -0.4 is 14.2 Å². The summed E-state index contributed by atoms with van der Waals surface area (Å²) in [5, 5.41) is 11.0. The van der Waals surface area contributed by atoms with Gasteiger partial charge in [-0.05, 0) is 96.3 Å². The molecule has 0 saturated heterocycles. The molecule has 1 N–H and O–H groups in total. The fourth-order valence-electron chi connectivity index (χ4n) is 6.95. The Morgan fingerprint density at radius 2 is 0.984 bits per heavy atom.